The topological polar surface area (TPSA) is 80.2 Å². The Morgan fingerprint density at radius 2 is 1.84 bits per heavy atom. The molecule has 0 unspecified atom stereocenters. The number of ether oxygens (including phenoxy) is 2. The highest BCUT2D eigenvalue weighted by molar-refractivity contribution is 6.30. The zero-order valence-corrected chi connectivity index (χ0v) is 21.5. The van der Waals surface area contributed by atoms with Gasteiger partial charge >= 0.3 is 0 Å². The highest BCUT2D eigenvalue weighted by Crippen LogP contribution is 2.33. The number of aliphatic imine (C=N–C) groups is 1. The molecule has 0 saturated carbocycles. The summed E-state index contributed by atoms with van der Waals surface area (Å²) in [5.41, 5.74) is 1.64. The van der Waals surface area contributed by atoms with E-state index in [1.54, 1.807) is 12.1 Å². The summed E-state index contributed by atoms with van der Waals surface area (Å²) in [6.07, 6.45) is 4.43. The molecule has 1 aliphatic heterocycles. The normalized spacial score (nSPS) is 18.9. The van der Waals surface area contributed by atoms with Crippen LogP contribution in [0.3, 0.4) is 0 Å². The molecule has 3 aromatic carbocycles. The van der Waals surface area contributed by atoms with Gasteiger partial charge in [0.1, 0.15) is 11.9 Å². The maximum atomic E-state index is 13.6. The van der Waals surface area contributed by atoms with Crippen molar-refractivity contribution in [3.63, 3.8) is 0 Å². The lowest BCUT2D eigenvalue weighted by Gasteiger charge is -2.27. The number of carbonyl (C=O) groups excluding carboxylic acids is 1. The molecule has 1 amide bonds. The molecule has 1 aliphatic rings. The quantitative estimate of drug-likeness (QED) is 0.332. The van der Waals surface area contributed by atoms with Crippen LogP contribution in [0.4, 0.5) is 0 Å². The van der Waals surface area contributed by atoms with Crippen molar-refractivity contribution in [2.45, 2.75) is 38.0 Å². The zero-order valence-electron chi connectivity index (χ0n) is 20.8. The van der Waals surface area contributed by atoms with Crippen LogP contribution in [0.25, 0.3) is 6.08 Å². The molecule has 0 bridgehead atoms. The fourth-order valence-corrected chi connectivity index (χ4v) is 4.19. The van der Waals surface area contributed by atoms with E-state index in [4.69, 9.17) is 31.2 Å². The lowest BCUT2D eigenvalue weighted by atomic mass is 9.88. The van der Waals surface area contributed by atoms with Crippen LogP contribution in [0.15, 0.2) is 89.9 Å². The Morgan fingerprint density at radius 1 is 1.11 bits per heavy atom. The Kier molecular flexibility index (Phi) is 8.99. The molecule has 0 spiro atoms. The van der Waals surface area contributed by atoms with Gasteiger partial charge in [0.2, 0.25) is 5.90 Å². The van der Waals surface area contributed by atoms with Crippen LogP contribution in [0, 0.1) is 0 Å². The van der Waals surface area contributed by atoms with Gasteiger partial charge in [0.15, 0.2) is 5.54 Å². The molecule has 192 valence electrons. The number of benzene rings is 3. The van der Waals surface area contributed by atoms with Crippen LogP contribution in [0.2, 0.25) is 5.02 Å². The number of halogens is 1. The third-order valence-electron chi connectivity index (χ3n) is 6.23. The summed E-state index contributed by atoms with van der Waals surface area (Å²) in [4.78, 5) is 18.5. The van der Waals surface area contributed by atoms with Gasteiger partial charge in [-0.1, -0.05) is 66.2 Å². The van der Waals surface area contributed by atoms with Crippen LogP contribution in [-0.4, -0.2) is 41.8 Å². The van der Waals surface area contributed by atoms with Gasteiger partial charge in [-0.2, -0.15) is 0 Å². The molecular weight excluding hydrogens is 488 g/mol. The summed E-state index contributed by atoms with van der Waals surface area (Å²) in [5.74, 6) is 0.914. The molecule has 4 rings (SSSR count). The predicted molar refractivity (Wildman–Crippen MR) is 147 cm³/mol. The zero-order chi connectivity index (χ0) is 26.1. The highest BCUT2D eigenvalue weighted by Gasteiger charge is 2.49. The van der Waals surface area contributed by atoms with E-state index in [1.165, 1.54) is 0 Å². The van der Waals surface area contributed by atoms with Gasteiger partial charge in [-0.3, -0.25) is 4.79 Å². The average molecular weight is 519 g/mol. The van der Waals surface area contributed by atoms with Gasteiger partial charge in [0.05, 0.1) is 6.61 Å². The van der Waals surface area contributed by atoms with Crippen molar-refractivity contribution in [1.82, 2.24) is 5.32 Å². The fourth-order valence-electron chi connectivity index (χ4n) is 4.06. The molecule has 2 N–H and O–H groups in total. The molecule has 0 aliphatic carbocycles. The molecule has 1 heterocycles. The minimum Gasteiger partial charge on any atom is -0.494 e. The van der Waals surface area contributed by atoms with E-state index in [0.29, 0.717) is 42.7 Å². The standard InChI is InChI=1S/C30H31ClN2O4/c1-22-30(18-5-9-23-7-3-2-4-8-23,29(35)32-21-24-10-14-26(31)15-11-24)33-28(37-22)25-12-16-27(17-13-25)36-20-6-19-34/h2-5,7-17,22,34H,6,18-21H2,1H3,(H,32,35)/b9-5+/t22-,30-/m1/s1. The number of carbonyl (C=O) groups is 1. The molecule has 37 heavy (non-hydrogen) atoms. The van der Waals surface area contributed by atoms with E-state index in [9.17, 15) is 4.79 Å². The van der Waals surface area contributed by atoms with Crippen molar-refractivity contribution in [2.24, 2.45) is 4.99 Å². The lowest BCUT2D eigenvalue weighted by Crippen LogP contribution is -2.50. The van der Waals surface area contributed by atoms with E-state index < -0.39 is 11.6 Å². The maximum Gasteiger partial charge on any atom is 0.252 e. The number of amides is 1. The van der Waals surface area contributed by atoms with Crippen molar-refractivity contribution in [3.05, 3.63) is 107 Å². The van der Waals surface area contributed by atoms with E-state index >= 15 is 0 Å². The van der Waals surface area contributed by atoms with Crippen molar-refractivity contribution < 1.29 is 19.4 Å². The average Bonchev–Trinajstić information content (AvgIpc) is 3.26. The second-order valence-corrected chi connectivity index (χ2v) is 9.31. The number of hydrogen-bond donors (Lipinski definition) is 2. The van der Waals surface area contributed by atoms with Crippen LogP contribution in [0.1, 0.15) is 36.5 Å². The molecule has 6 nitrogen and oxygen atoms in total. The maximum absolute atomic E-state index is 13.6. The Balaban J connectivity index is 1.56. The van der Waals surface area contributed by atoms with Gasteiger partial charge in [0, 0.05) is 36.6 Å². The first kappa shape index (κ1) is 26.5. The monoisotopic (exact) mass is 518 g/mol. The third-order valence-corrected chi connectivity index (χ3v) is 6.48. The highest BCUT2D eigenvalue weighted by atomic mass is 35.5. The number of hydrogen-bond acceptors (Lipinski definition) is 5. The second kappa shape index (κ2) is 12.6. The second-order valence-electron chi connectivity index (χ2n) is 8.88. The Hall–Kier alpha value is -3.61. The predicted octanol–water partition coefficient (Wildman–Crippen LogP) is 5.43. The molecule has 7 heteroatoms. The minimum atomic E-state index is -1.12. The molecular formula is C30H31ClN2O4. The fraction of sp³-hybridized carbons (Fsp3) is 0.267. The summed E-state index contributed by atoms with van der Waals surface area (Å²) in [6.45, 7) is 2.76. The summed E-state index contributed by atoms with van der Waals surface area (Å²) in [5, 5.41) is 12.6. The molecule has 0 fully saturated rings. The summed E-state index contributed by atoms with van der Waals surface area (Å²) >= 11 is 6.00. The molecule has 2 atom stereocenters. The van der Waals surface area contributed by atoms with Gasteiger partial charge in [0.25, 0.3) is 5.91 Å². The van der Waals surface area contributed by atoms with Crippen LogP contribution >= 0.6 is 11.6 Å². The molecule has 0 aromatic heterocycles. The molecule has 3 aromatic rings. The van der Waals surface area contributed by atoms with Crippen LogP contribution < -0.4 is 10.1 Å². The number of aliphatic hydroxyl groups is 1. The largest absolute Gasteiger partial charge is 0.494 e. The Labute approximate surface area is 222 Å². The van der Waals surface area contributed by atoms with Crippen molar-refractivity contribution in [2.75, 3.05) is 13.2 Å². The van der Waals surface area contributed by atoms with Crippen molar-refractivity contribution in [1.29, 1.82) is 0 Å². The number of nitrogens with one attached hydrogen (secondary N) is 1. The van der Waals surface area contributed by atoms with Crippen molar-refractivity contribution in [3.8, 4) is 5.75 Å². The van der Waals surface area contributed by atoms with Gasteiger partial charge in [-0.15, -0.1) is 0 Å². The van der Waals surface area contributed by atoms with E-state index in [2.05, 4.69) is 5.32 Å². The first-order valence-corrected chi connectivity index (χ1v) is 12.7. The Morgan fingerprint density at radius 3 is 2.54 bits per heavy atom. The van der Waals surface area contributed by atoms with E-state index in [-0.39, 0.29) is 12.5 Å². The van der Waals surface area contributed by atoms with Crippen LogP contribution in [-0.2, 0) is 16.1 Å². The van der Waals surface area contributed by atoms with Crippen LogP contribution in [0.5, 0.6) is 5.75 Å². The molecule has 0 radical (unpaired) electrons. The first-order chi connectivity index (χ1) is 18.0. The number of aliphatic hydroxyl groups excluding tert-OH is 1. The van der Waals surface area contributed by atoms with Crippen molar-refractivity contribution >= 4 is 29.5 Å². The summed E-state index contributed by atoms with van der Waals surface area (Å²) in [7, 11) is 0. The first-order valence-electron chi connectivity index (χ1n) is 12.3. The third kappa shape index (κ3) is 6.79. The Bertz CT molecular complexity index is 1230. The van der Waals surface area contributed by atoms with Gasteiger partial charge in [-0.05, 0) is 54.4 Å². The van der Waals surface area contributed by atoms with E-state index in [1.807, 2.05) is 85.8 Å². The van der Waals surface area contributed by atoms with Gasteiger partial charge in [-0.25, -0.2) is 4.99 Å². The summed E-state index contributed by atoms with van der Waals surface area (Å²) in [6, 6.07) is 24.7. The van der Waals surface area contributed by atoms with E-state index in [0.717, 1.165) is 16.7 Å². The van der Waals surface area contributed by atoms with Gasteiger partial charge < -0.3 is 19.9 Å². The lowest BCUT2D eigenvalue weighted by molar-refractivity contribution is -0.128. The minimum absolute atomic E-state index is 0.0848. The SMILES string of the molecule is C[C@H]1OC(c2ccc(OCCCO)cc2)=N[C@@]1(C/C=C/c1ccccc1)C(=O)NCc1ccc(Cl)cc1. The molecule has 0 saturated heterocycles. The number of nitrogens with zero attached hydrogens (tertiary/aromatic N) is 1. The number of rotatable bonds is 11. The summed E-state index contributed by atoms with van der Waals surface area (Å²) < 4.78 is 11.8. The smallest absolute Gasteiger partial charge is 0.252 e.